The van der Waals surface area contributed by atoms with Crippen LogP contribution in [0.4, 0.5) is 0 Å². The molecule has 1 fully saturated rings. The SMILES string of the molecule is CC(C)NCC1CCCN(S(=O)(=O)CC#N)C1. The molecule has 98 valence electrons. The summed E-state index contributed by atoms with van der Waals surface area (Å²) < 4.78 is 25.0. The van der Waals surface area contributed by atoms with Crippen LogP contribution < -0.4 is 5.32 Å². The number of nitrogens with zero attached hydrogens (tertiary/aromatic N) is 2. The van der Waals surface area contributed by atoms with Crippen LogP contribution in [0.1, 0.15) is 26.7 Å². The Morgan fingerprint density at radius 1 is 1.53 bits per heavy atom. The highest BCUT2D eigenvalue weighted by Gasteiger charge is 2.28. The molecule has 6 heteroatoms. The molecule has 1 aliphatic rings. The Hall–Kier alpha value is -0.640. The van der Waals surface area contributed by atoms with Crippen LogP contribution in [0.3, 0.4) is 0 Å². The first kappa shape index (κ1) is 14.4. The van der Waals surface area contributed by atoms with Crippen molar-refractivity contribution in [2.45, 2.75) is 32.7 Å². The smallest absolute Gasteiger partial charge is 0.227 e. The van der Waals surface area contributed by atoms with Crippen LogP contribution in [0.25, 0.3) is 0 Å². The third-order valence-corrected chi connectivity index (χ3v) is 4.55. The Balaban J connectivity index is 2.52. The highest BCUT2D eigenvalue weighted by molar-refractivity contribution is 7.89. The predicted molar refractivity (Wildman–Crippen MR) is 66.8 cm³/mol. The van der Waals surface area contributed by atoms with Gasteiger partial charge in [0.2, 0.25) is 10.0 Å². The summed E-state index contributed by atoms with van der Waals surface area (Å²) in [5.74, 6) is -0.0447. The molecule has 1 N–H and O–H groups in total. The van der Waals surface area contributed by atoms with Crippen LogP contribution in [0.5, 0.6) is 0 Å². The fourth-order valence-electron chi connectivity index (χ4n) is 2.02. The highest BCUT2D eigenvalue weighted by atomic mass is 32.2. The minimum atomic E-state index is -3.36. The van der Waals surface area contributed by atoms with Gasteiger partial charge in [-0.15, -0.1) is 0 Å². The van der Waals surface area contributed by atoms with Crippen LogP contribution in [0, 0.1) is 17.2 Å². The topological polar surface area (TPSA) is 73.2 Å². The molecule has 0 aromatic rings. The zero-order valence-corrected chi connectivity index (χ0v) is 11.3. The maximum atomic E-state index is 11.8. The van der Waals surface area contributed by atoms with Crippen LogP contribution >= 0.6 is 0 Å². The second-order valence-corrected chi connectivity index (χ2v) is 6.81. The Morgan fingerprint density at radius 3 is 2.82 bits per heavy atom. The summed E-state index contributed by atoms with van der Waals surface area (Å²) in [4.78, 5) is 0. The average molecular weight is 259 g/mol. The van der Waals surface area contributed by atoms with Gasteiger partial charge < -0.3 is 5.32 Å². The summed E-state index contributed by atoms with van der Waals surface area (Å²) in [5.41, 5.74) is 0. The van der Waals surface area contributed by atoms with E-state index >= 15 is 0 Å². The summed E-state index contributed by atoms with van der Waals surface area (Å²) in [6.45, 7) is 6.10. The van der Waals surface area contributed by atoms with Gasteiger partial charge in [-0.2, -0.15) is 5.26 Å². The molecule has 0 amide bonds. The first-order chi connectivity index (χ1) is 7.95. The van der Waals surface area contributed by atoms with Gasteiger partial charge in [0, 0.05) is 19.1 Å². The molecule has 1 rings (SSSR count). The fourth-order valence-corrected chi connectivity index (χ4v) is 3.21. The number of sulfonamides is 1. The molecule has 1 atom stereocenters. The molecular weight excluding hydrogens is 238 g/mol. The molecule has 0 aromatic carbocycles. The Bertz CT molecular complexity index is 373. The van der Waals surface area contributed by atoms with Gasteiger partial charge in [-0.25, -0.2) is 12.7 Å². The van der Waals surface area contributed by atoms with Gasteiger partial charge in [0.25, 0.3) is 0 Å². The molecule has 1 aliphatic heterocycles. The van der Waals surface area contributed by atoms with Gasteiger partial charge in [-0.05, 0) is 25.3 Å². The molecule has 17 heavy (non-hydrogen) atoms. The van der Waals surface area contributed by atoms with Crippen molar-refractivity contribution in [3.63, 3.8) is 0 Å². The number of nitrogens with one attached hydrogen (secondary N) is 1. The van der Waals surface area contributed by atoms with E-state index in [4.69, 9.17) is 5.26 Å². The van der Waals surface area contributed by atoms with E-state index in [2.05, 4.69) is 19.2 Å². The number of piperidine rings is 1. The minimum absolute atomic E-state index is 0.361. The predicted octanol–water partition coefficient (Wildman–Crippen LogP) is 0.550. The number of hydrogen-bond acceptors (Lipinski definition) is 4. The maximum Gasteiger partial charge on any atom is 0.227 e. The normalized spacial score (nSPS) is 22.6. The Kier molecular flexibility index (Phi) is 5.37. The molecule has 0 radical (unpaired) electrons. The standard InChI is InChI=1S/C11H21N3O2S/c1-10(2)13-8-11-4-3-6-14(9-11)17(15,16)7-5-12/h10-11,13H,3-4,6-9H2,1-2H3. The average Bonchev–Trinajstić information content (AvgIpc) is 2.27. The molecule has 1 saturated heterocycles. The summed E-state index contributed by atoms with van der Waals surface area (Å²) in [5, 5.41) is 11.8. The lowest BCUT2D eigenvalue weighted by Gasteiger charge is -2.31. The molecule has 0 bridgehead atoms. The van der Waals surface area contributed by atoms with Gasteiger partial charge in [0.05, 0.1) is 6.07 Å². The summed E-state index contributed by atoms with van der Waals surface area (Å²) in [6.07, 6.45) is 1.94. The Morgan fingerprint density at radius 2 is 2.24 bits per heavy atom. The van der Waals surface area contributed by atoms with Gasteiger partial charge in [0.1, 0.15) is 0 Å². The zero-order chi connectivity index (χ0) is 12.9. The molecule has 5 nitrogen and oxygen atoms in total. The van der Waals surface area contributed by atoms with Crippen molar-refractivity contribution in [3.8, 4) is 6.07 Å². The third kappa shape index (κ3) is 4.62. The van der Waals surface area contributed by atoms with E-state index in [0.29, 0.717) is 25.0 Å². The van der Waals surface area contributed by atoms with E-state index in [1.165, 1.54) is 4.31 Å². The lowest BCUT2D eigenvalue weighted by molar-refractivity contribution is 0.257. The lowest BCUT2D eigenvalue weighted by atomic mass is 9.99. The fraction of sp³-hybridized carbons (Fsp3) is 0.909. The van der Waals surface area contributed by atoms with Crippen LogP contribution in [0.15, 0.2) is 0 Å². The number of rotatable bonds is 5. The van der Waals surface area contributed by atoms with E-state index in [1.54, 1.807) is 6.07 Å². The van der Waals surface area contributed by atoms with Crippen molar-refractivity contribution >= 4 is 10.0 Å². The second kappa shape index (κ2) is 6.34. The zero-order valence-electron chi connectivity index (χ0n) is 10.5. The maximum absolute atomic E-state index is 11.8. The monoisotopic (exact) mass is 259 g/mol. The van der Waals surface area contributed by atoms with Crippen LogP contribution in [0.2, 0.25) is 0 Å². The second-order valence-electron chi connectivity index (χ2n) is 4.84. The van der Waals surface area contributed by atoms with Crippen molar-refractivity contribution in [1.82, 2.24) is 9.62 Å². The van der Waals surface area contributed by atoms with Gasteiger partial charge in [-0.1, -0.05) is 13.8 Å². The van der Waals surface area contributed by atoms with Crippen molar-refractivity contribution < 1.29 is 8.42 Å². The number of nitriles is 1. The summed E-state index contributed by atoms with van der Waals surface area (Å²) >= 11 is 0. The van der Waals surface area contributed by atoms with E-state index in [0.717, 1.165) is 19.4 Å². The number of hydrogen-bond donors (Lipinski definition) is 1. The minimum Gasteiger partial charge on any atom is -0.314 e. The van der Waals surface area contributed by atoms with E-state index < -0.39 is 15.8 Å². The van der Waals surface area contributed by atoms with E-state index in [-0.39, 0.29) is 0 Å². The quantitative estimate of drug-likeness (QED) is 0.782. The van der Waals surface area contributed by atoms with Crippen molar-refractivity contribution in [1.29, 1.82) is 5.26 Å². The van der Waals surface area contributed by atoms with Crippen molar-refractivity contribution in [2.75, 3.05) is 25.4 Å². The molecular formula is C11H21N3O2S. The van der Waals surface area contributed by atoms with Crippen molar-refractivity contribution in [2.24, 2.45) is 5.92 Å². The van der Waals surface area contributed by atoms with Crippen LogP contribution in [-0.2, 0) is 10.0 Å². The first-order valence-corrected chi connectivity index (χ1v) is 7.65. The van der Waals surface area contributed by atoms with Crippen LogP contribution in [-0.4, -0.2) is 44.2 Å². The van der Waals surface area contributed by atoms with Crippen molar-refractivity contribution in [3.05, 3.63) is 0 Å². The highest BCUT2D eigenvalue weighted by Crippen LogP contribution is 2.18. The molecule has 0 aromatic heterocycles. The Labute approximate surface area is 104 Å². The summed E-state index contributed by atoms with van der Waals surface area (Å²) in [6, 6.07) is 2.14. The van der Waals surface area contributed by atoms with E-state index in [9.17, 15) is 8.42 Å². The largest absolute Gasteiger partial charge is 0.314 e. The summed E-state index contributed by atoms with van der Waals surface area (Å²) in [7, 11) is -3.36. The molecule has 0 saturated carbocycles. The first-order valence-electron chi connectivity index (χ1n) is 6.04. The van der Waals surface area contributed by atoms with E-state index in [1.807, 2.05) is 0 Å². The molecule has 1 heterocycles. The van der Waals surface area contributed by atoms with Gasteiger partial charge in [-0.3, -0.25) is 0 Å². The van der Waals surface area contributed by atoms with Gasteiger partial charge in [0.15, 0.2) is 5.75 Å². The lowest BCUT2D eigenvalue weighted by Crippen LogP contribution is -2.44. The molecule has 0 aliphatic carbocycles. The molecule has 1 unspecified atom stereocenters. The van der Waals surface area contributed by atoms with Gasteiger partial charge >= 0.3 is 0 Å². The molecule has 0 spiro atoms. The third-order valence-electron chi connectivity index (χ3n) is 2.94.